The number of aromatic nitrogens is 2. The van der Waals surface area contributed by atoms with Crippen molar-refractivity contribution in [3.63, 3.8) is 0 Å². The van der Waals surface area contributed by atoms with Crippen molar-refractivity contribution < 1.29 is 71.4 Å². The standard InChI is InChI=1S/C51H85N3O16P2/c1-4-5-6-7-22-27-32-42(55)33-28-23-18-15-16-19-24-29-34-46(56)65-38-43(68-47(57)35-30-25-20-14-12-10-8-9-11-13-17-21-26-31-41(2)3)39-66-71(61,62)70-72(63,64)67-40-44-48(58)49(59)50(69-44)54-37-36-45(52)53-51(54)60/h5-6,16,18-19,22-23,27-28,33,36-37,41-44,48-50,55,58-59H,4,7-15,17,20-21,24-26,29-32,34-35,38-40H2,1-3H3,(H,61,62)(H,63,64)(H2,52,53,60)/b6-5-,19-16-,23-18-,27-22-,33-28+/t42?,43-,44-,48-,49-,50-/m1/s1. The molecule has 1 aliphatic heterocycles. The van der Waals surface area contributed by atoms with Crippen molar-refractivity contribution in [1.82, 2.24) is 9.55 Å². The highest BCUT2D eigenvalue weighted by atomic mass is 31.3. The lowest BCUT2D eigenvalue weighted by Crippen LogP contribution is -2.36. The van der Waals surface area contributed by atoms with Gasteiger partial charge in [0.25, 0.3) is 0 Å². The molecule has 3 unspecified atom stereocenters. The maximum absolute atomic E-state index is 12.9. The van der Waals surface area contributed by atoms with E-state index in [4.69, 9.17) is 29.0 Å². The van der Waals surface area contributed by atoms with Crippen LogP contribution in [0.2, 0.25) is 0 Å². The van der Waals surface area contributed by atoms with Gasteiger partial charge in [0.2, 0.25) is 0 Å². The first-order chi connectivity index (χ1) is 34.4. The van der Waals surface area contributed by atoms with Gasteiger partial charge in [0, 0.05) is 19.0 Å². The van der Waals surface area contributed by atoms with Crippen LogP contribution in [0.25, 0.3) is 0 Å². The van der Waals surface area contributed by atoms with E-state index in [-0.39, 0.29) is 18.7 Å². The van der Waals surface area contributed by atoms with Gasteiger partial charge < -0.3 is 45.1 Å². The molecule has 2 heterocycles. The summed E-state index contributed by atoms with van der Waals surface area (Å²) >= 11 is 0. The molecule has 0 saturated carbocycles. The molecule has 1 aliphatic rings. The van der Waals surface area contributed by atoms with E-state index >= 15 is 0 Å². The van der Waals surface area contributed by atoms with Gasteiger partial charge in [0.05, 0.1) is 19.3 Å². The molecule has 8 atom stereocenters. The van der Waals surface area contributed by atoms with Gasteiger partial charge >= 0.3 is 33.3 Å². The lowest BCUT2D eigenvalue weighted by Gasteiger charge is -2.21. The number of aliphatic hydroxyl groups excluding tert-OH is 3. The van der Waals surface area contributed by atoms with Gasteiger partial charge in [-0.25, -0.2) is 13.9 Å². The number of unbranched alkanes of at least 4 members (excludes halogenated alkanes) is 13. The Morgan fingerprint density at radius 2 is 1.38 bits per heavy atom. The molecule has 0 spiro atoms. The molecule has 1 aromatic heterocycles. The molecular weight excluding hydrogens is 973 g/mol. The fraction of sp³-hybridized carbons (Fsp3) is 0.686. The number of anilines is 1. The number of carbonyl (C=O) groups excluding carboxylic acids is 2. The molecule has 2 rings (SSSR count). The molecule has 72 heavy (non-hydrogen) atoms. The topological polar surface area (TPSA) is 286 Å². The van der Waals surface area contributed by atoms with E-state index < -0.39 is 89.8 Å². The third kappa shape index (κ3) is 31.2. The summed E-state index contributed by atoms with van der Waals surface area (Å²) in [6.45, 7) is 4.22. The van der Waals surface area contributed by atoms with Gasteiger partial charge in [0.1, 0.15) is 30.7 Å². The van der Waals surface area contributed by atoms with Gasteiger partial charge in [-0.1, -0.05) is 165 Å². The van der Waals surface area contributed by atoms with E-state index in [0.29, 0.717) is 32.1 Å². The average molecular weight is 1060 g/mol. The molecule has 1 aromatic rings. The normalized spacial score (nSPS) is 20.1. The lowest BCUT2D eigenvalue weighted by molar-refractivity contribution is -0.161. The van der Waals surface area contributed by atoms with Crippen LogP contribution in [0, 0.1) is 5.92 Å². The van der Waals surface area contributed by atoms with Gasteiger partial charge in [-0.2, -0.15) is 9.29 Å². The first-order valence-corrected chi connectivity index (χ1v) is 28.8. The summed E-state index contributed by atoms with van der Waals surface area (Å²) in [6, 6.07) is 1.24. The van der Waals surface area contributed by atoms with Crippen molar-refractivity contribution >= 4 is 33.4 Å². The molecule has 410 valence electrons. The lowest BCUT2D eigenvalue weighted by atomic mass is 10.0. The van der Waals surface area contributed by atoms with Crippen LogP contribution >= 0.6 is 15.6 Å². The van der Waals surface area contributed by atoms with E-state index in [1.807, 2.05) is 36.5 Å². The number of phosphoric ester groups is 2. The van der Waals surface area contributed by atoms with Gasteiger partial charge in [-0.05, 0) is 56.9 Å². The largest absolute Gasteiger partial charge is 0.481 e. The van der Waals surface area contributed by atoms with E-state index in [2.05, 4.69) is 42.2 Å². The maximum atomic E-state index is 12.9. The number of esters is 2. The van der Waals surface area contributed by atoms with Crippen molar-refractivity contribution in [2.45, 2.75) is 199 Å². The summed E-state index contributed by atoms with van der Waals surface area (Å²) in [5, 5.41) is 31.0. The number of carbonyl (C=O) groups is 2. The predicted molar refractivity (Wildman–Crippen MR) is 276 cm³/mol. The number of nitrogens with two attached hydrogens (primary N) is 1. The van der Waals surface area contributed by atoms with E-state index in [1.165, 1.54) is 63.9 Å². The molecule has 0 aromatic carbocycles. The minimum atomic E-state index is -5.45. The van der Waals surface area contributed by atoms with Crippen LogP contribution in [0.3, 0.4) is 0 Å². The first-order valence-electron chi connectivity index (χ1n) is 25.8. The minimum absolute atomic E-state index is 0.0155. The van der Waals surface area contributed by atoms with Crippen LogP contribution in [0.5, 0.6) is 0 Å². The summed E-state index contributed by atoms with van der Waals surface area (Å²) in [5.74, 6) is -0.634. The Hall–Kier alpha value is -3.58. The van der Waals surface area contributed by atoms with Gasteiger partial charge in [0.15, 0.2) is 12.3 Å². The number of aliphatic hydroxyl groups is 3. The molecule has 0 amide bonds. The Morgan fingerprint density at radius 3 is 2.03 bits per heavy atom. The van der Waals surface area contributed by atoms with Gasteiger partial charge in [-0.15, -0.1) is 0 Å². The molecular formula is C51H85N3O16P2. The zero-order valence-electron chi connectivity index (χ0n) is 42.7. The number of nitrogen functional groups attached to an aromatic ring is 1. The summed E-state index contributed by atoms with van der Waals surface area (Å²) in [4.78, 5) is 61.9. The van der Waals surface area contributed by atoms with Crippen LogP contribution < -0.4 is 11.4 Å². The quantitative estimate of drug-likeness (QED) is 0.0117. The van der Waals surface area contributed by atoms with Crippen molar-refractivity contribution in [3.8, 4) is 0 Å². The number of phosphoric acid groups is 2. The number of nitrogens with zero attached hydrogens (tertiary/aromatic N) is 2. The Morgan fingerprint density at radius 1 is 0.778 bits per heavy atom. The Balaban J connectivity index is 1.83. The van der Waals surface area contributed by atoms with Crippen molar-refractivity contribution in [2.75, 3.05) is 25.6 Å². The van der Waals surface area contributed by atoms with Gasteiger partial charge in [-0.3, -0.25) is 23.2 Å². The predicted octanol–water partition coefficient (Wildman–Crippen LogP) is 9.55. The Kier molecular flexibility index (Phi) is 34.1. The fourth-order valence-electron chi connectivity index (χ4n) is 7.38. The highest BCUT2D eigenvalue weighted by molar-refractivity contribution is 7.61. The van der Waals surface area contributed by atoms with Crippen molar-refractivity contribution in [2.24, 2.45) is 5.92 Å². The SMILES string of the molecule is CC/C=C\C/C=C\CC(O)/C=C/C=C\C/C=C\CCCC(=O)OC[C@H](COP(=O)(O)OP(=O)(O)OC[C@H]1O[C@@H](n2ccc(N)nc2=O)[C@H](O)[C@@H]1O)OC(=O)CCCCCCCCCCCCCCCC(C)C. The van der Waals surface area contributed by atoms with E-state index in [9.17, 15) is 48.6 Å². The molecule has 19 nitrogen and oxygen atoms in total. The number of hydrogen-bond acceptors (Lipinski definition) is 16. The monoisotopic (exact) mass is 1060 g/mol. The summed E-state index contributed by atoms with van der Waals surface area (Å²) < 4.78 is 56.7. The molecule has 21 heteroatoms. The zero-order chi connectivity index (χ0) is 53.0. The fourth-order valence-corrected chi connectivity index (χ4v) is 9.49. The highest BCUT2D eigenvalue weighted by Crippen LogP contribution is 2.60. The van der Waals surface area contributed by atoms with Crippen LogP contribution in [0.15, 0.2) is 77.8 Å². The number of hydrogen-bond donors (Lipinski definition) is 6. The molecule has 1 fully saturated rings. The second-order valence-corrected chi connectivity index (χ2v) is 21.4. The Bertz CT molecular complexity index is 1970. The van der Waals surface area contributed by atoms with Crippen LogP contribution in [-0.4, -0.2) is 96.9 Å². The number of allylic oxidation sites excluding steroid dienone is 8. The smallest absolute Gasteiger partial charge is 0.462 e. The first kappa shape index (κ1) is 64.5. The average Bonchev–Trinajstić information content (AvgIpc) is 3.60. The highest BCUT2D eigenvalue weighted by Gasteiger charge is 2.46. The number of rotatable bonds is 41. The third-order valence-electron chi connectivity index (χ3n) is 11.4. The summed E-state index contributed by atoms with van der Waals surface area (Å²) in [6.07, 6.45) is 32.0. The van der Waals surface area contributed by atoms with Crippen molar-refractivity contribution in [3.05, 3.63) is 83.5 Å². The second-order valence-electron chi connectivity index (χ2n) is 18.3. The molecule has 7 N–H and O–H groups in total. The van der Waals surface area contributed by atoms with E-state index in [0.717, 1.165) is 55.2 Å². The minimum Gasteiger partial charge on any atom is -0.462 e. The van der Waals surface area contributed by atoms with Crippen LogP contribution in [0.1, 0.15) is 168 Å². The van der Waals surface area contributed by atoms with Crippen LogP contribution in [0.4, 0.5) is 5.82 Å². The van der Waals surface area contributed by atoms with Crippen LogP contribution in [-0.2, 0) is 46.3 Å². The summed E-state index contributed by atoms with van der Waals surface area (Å²) in [5.41, 5.74) is 4.58. The number of ether oxygens (including phenoxy) is 3. The summed E-state index contributed by atoms with van der Waals surface area (Å²) in [7, 11) is -10.9. The van der Waals surface area contributed by atoms with Crippen molar-refractivity contribution in [1.29, 1.82) is 0 Å². The molecule has 0 radical (unpaired) electrons. The third-order valence-corrected chi connectivity index (χ3v) is 14.0. The molecule has 0 bridgehead atoms. The zero-order valence-corrected chi connectivity index (χ0v) is 44.5. The van der Waals surface area contributed by atoms with E-state index in [1.54, 1.807) is 12.2 Å². The molecule has 1 saturated heterocycles. The molecule has 0 aliphatic carbocycles. The maximum Gasteiger partial charge on any atom is 0.481 e. The Labute approximate surface area is 426 Å². The second kappa shape index (κ2) is 38.0.